The Labute approximate surface area is 91.7 Å². The largest absolute Gasteiger partial charge is 0.497 e. The van der Waals surface area contributed by atoms with E-state index in [0.29, 0.717) is 16.9 Å². The van der Waals surface area contributed by atoms with E-state index in [9.17, 15) is 4.79 Å². The smallest absolute Gasteiger partial charge is 0.354 e. The van der Waals surface area contributed by atoms with Crippen molar-refractivity contribution in [3.05, 3.63) is 39.7 Å². The third-order valence-corrected chi connectivity index (χ3v) is 2.49. The van der Waals surface area contributed by atoms with Gasteiger partial charge in [-0.05, 0) is 24.6 Å². The number of fused-ring (bicyclic) bond motifs is 1. The van der Waals surface area contributed by atoms with Gasteiger partial charge in [0.05, 0.1) is 7.11 Å². The highest BCUT2D eigenvalue weighted by molar-refractivity contribution is 5.83. The van der Waals surface area contributed by atoms with Crippen molar-refractivity contribution >= 4 is 11.0 Å². The fourth-order valence-electron chi connectivity index (χ4n) is 1.59. The average molecular weight is 215 g/mol. The van der Waals surface area contributed by atoms with Crippen molar-refractivity contribution in [1.29, 1.82) is 5.26 Å². The molecule has 0 spiro atoms. The summed E-state index contributed by atoms with van der Waals surface area (Å²) < 4.78 is 10.1. The molecule has 0 saturated heterocycles. The standard InChI is InChI=1S/C12H9NO3/c1-7-9-4-3-8(15-2)5-11(9)16-12(14)10(7)6-13/h3-5H,1-2H3. The summed E-state index contributed by atoms with van der Waals surface area (Å²) in [6.45, 7) is 1.73. The Bertz CT molecular complexity index is 650. The first-order valence-corrected chi connectivity index (χ1v) is 4.69. The maximum Gasteiger partial charge on any atom is 0.354 e. The van der Waals surface area contributed by atoms with Crippen LogP contribution in [0.15, 0.2) is 27.4 Å². The van der Waals surface area contributed by atoms with Crippen molar-refractivity contribution in [1.82, 2.24) is 0 Å². The molecule has 0 aliphatic heterocycles. The van der Waals surface area contributed by atoms with Gasteiger partial charge in [-0.2, -0.15) is 5.26 Å². The van der Waals surface area contributed by atoms with Crippen LogP contribution in [0.5, 0.6) is 5.75 Å². The van der Waals surface area contributed by atoms with Crippen LogP contribution in [-0.2, 0) is 0 Å². The van der Waals surface area contributed by atoms with Crippen molar-refractivity contribution < 1.29 is 9.15 Å². The molecule has 1 heterocycles. The molecule has 0 atom stereocenters. The summed E-state index contributed by atoms with van der Waals surface area (Å²) in [7, 11) is 1.54. The number of hydrogen-bond acceptors (Lipinski definition) is 4. The first-order chi connectivity index (χ1) is 7.67. The highest BCUT2D eigenvalue weighted by Gasteiger charge is 2.10. The van der Waals surface area contributed by atoms with Gasteiger partial charge < -0.3 is 9.15 Å². The van der Waals surface area contributed by atoms with E-state index in [1.54, 1.807) is 25.1 Å². The summed E-state index contributed by atoms with van der Waals surface area (Å²) in [5.41, 5.74) is 0.510. The number of methoxy groups -OCH3 is 1. The maximum absolute atomic E-state index is 11.5. The Morgan fingerprint density at radius 1 is 1.44 bits per heavy atom. The van der Waals surface area contributed by atoms with E-state index in [-0.39, 0.29) is 5.56 Å². The molecule has 0 radical (unpaired) electrons. The van der Waals surface area contributed by atoms with Gasteiger partial charge in [-0.25, -0.2) is 4.79 Å². The SMILES string of the molecule is COc1ccc2c(C)c(C#N)c(=O)oc2c1. The van der Waals surface area contributed by atoms with Crippen molar-refractivity contribution in [3.63, 3.8) is 0 Å². The van der Waals surface area contributed by atoms with E-state index in [1.165, 1.54) is 7.11 Å². The second kappa shape index (κ2) is 3.70. The second-order valence-electron chi connectivity index (χ2n) is 3.36. The number of rotatable bonds is 1. The zero-order valence-corrected chi connectivity index (χ0v) is 8.90. The second-order valence-corrected chi connectivity index (χ2v) is 3.36. The molecule has 2 aromatic rings. The minimum Gasteiger partial charge on any atom is -0.497 e. The molecule has 0 fully saturated rings. The molecule has 1 aromatic carbocycles. The van der Waals surface area contributed by atoms with E-state index < -0.39 is 5.63 Å². The molecule has 2 rings (SSSR count). The van der Waals surface area contributed by atoms with Crippen molar-refractivity contribution in [2.45, 2.75) is 6.92 Å². The molecule has 4 heteroatoms. The molecule has 0 saturated carbocycles. The van der Waals surface area contributed by atoms with Crippen molar-refractivity contribution in [2.75, 3.05) is 7.11 Å². The van der Waals surface area contributed by atoms with Crippen LogP contribution in [-0.4, -0.2) is 7.11 Å². The van der Waals surface area contributed by atoms with Gasteiger partial charge in [0.2, 0.25) is 0 Å². The van der Waals surface area contributed by atoms with Crippen LogP contribution in [0, 0.1) is 18.3 Å². The van der Waals surface area contributed by atoms with Gasteiger partial charge in [0, 0.05) is 11.5 Å². The molecular formula is C12H9NO3. The Balaban J connectivity index is 2.88. The molecule has 0 aliphatic carbocycles. The van der Waals surface area contributed by atoms with Gasteiger partial charge in [-0.1, -0.05) is 0 Å². The number of ether oxygens (including phenoxy) is 1. The first kappa shape index (κ1) is 10.2. The predicted molar refractivity (Wildman–Crippen MR) is 58.5 cm³/mol. The molecule has 0 unspecified atom stereocenters. The van der Waals surface area contributed by atoms with Crippen LogP contribution < -0.4 is 10.4 Å². The van der Waals surface area contributed by atoms with Gasteiger partial charge >= 0.3 is 5.63 Å². The topological polar surface area (TPSA) is 63.2 Å². The third kappa shape index (κ3) is 1.43. The van der Waals surface area contributed by atoms with E-state index in [4.69, 9.17) is 14.4 Å². The molecule has 80 valence electrons. The Morgan fingerprint density at radius 2 is 2.19 bits per heavy atom. The summed E-state index contributed by atoms with van der Waals surface area (Å²) in [6, 6.07) is 7.01. The van der Waals surface area contributed by atoms with Crippen LogP contribution >= 0.6 is 0 Å². The van der Waals surface area contributed by atoms with Gasteiger partial charge in [0.1, 0.15) is 23.0 Å². The number of nitriles is 1. The molecule has 1 aromatic heterocycles. The molecule has 0 N–H and O–H groups in total. The number of aryl methyl sites for hydroxylation is 1. The van der Waals surface area contributed by atoms with Crippen LogP contribution in [0.3, 0.4) is 0 Å². The normalized spacial score (nSPS) is 10.1. The van der Waals surface area contributed by atoms with E-state index in [0.717, 1.165) is 5.39 Å². The Morgan fingerprint density at radius 3 is 2.81 bits per heavy atom. The molecule has 4 nitrogen and oxygen atoms in total. The fraction of sp³-hybridized carbons (Fsp3) is 0.167. The van der Waals surface area contributed by atoms with E-state index >= 15 is 0 Å². The number of benzene rings is 1. The summed E-state index contributed by atoms with van der Waals surface area (Å²) in [5.74, 6) is 0.611. The first-order valence-electron chi connectivity index (χ1n) is 4.69. The maximum atomic E-state index is 11.5. The lowest BCUT2D eigenvalue weighted by atomic mass is 10.1. The van der Waals surface area contributed by atoms with Crippen LogP contribution in [0.4, 0.5) is 0 Å². The fourth-order valence-corrected chi connectivity index (χ4v) is 1.59. The third-order valence-electron chi connectivity index (χ3n) is 2.49. The molecule has 0 bridgehead atoms. The van der Waals surface area contributed by atoms with Crippen molar-refractivity contribution in [3.8, 4) is 11.8 Å². The number of nitrogens with zero attached hydrogens (tertiary/aromatic N) is 1. The molecular weight excluding hydrogens is 206 g/mol. The summed E-state index contributed by atoms with van der Waals surface area (Å²) >= 11 is 0. The lowest BCUT2D eigenvalue weighted by Gasteiger charge is -2.04. The number of hydrogen-bond donors (Lipinski definition) is 0. The lowest BCUT2D eigenvalue weighted by Crippen LogP contribution is -2.06. The zero-order valence-electron chi connectivity index (χ0n) is 8.90. The Kier molecular flexibility index (Phi) is 2.37. The van der Waals surface area contributed by atoms with Gasteiger partial charge in [0.25, 0.3) is 0 Å². The van der Waals surface area contributed by atoms with E-state index in [2.05, 4.69) is 0 Å². The van der Waals surface area contributed by atoms with Gasteiger partial charge in [-0.3, -0.25) is 0 Å². The summed E-state index contributed by atoms with van der Waals surface area (Å²) in [5, 5.41) is 9.57. The van der Waals surface area contributed by atoms with Crippen molar-refractivity contribution in [2.24, 2.45) is 0 Å². The summed E-state index contributed by atoms with van der Waals surface area (Å²) in [4.78, 5) is 11.5. The average Bonchev–Trinajstić information content (AvgIpc) is 2.28. The van der Waals surface area contributed by atoms with Crippen LogP contribution in [0.1, 0.15) is 11.1 Å². The molecule has 16 heavy (non-hydrogen) atoms. The predicted octanol–water partition coefficient (Wildman–Crippen LogP) is 1.98. The Hall–Kier alpha value is -2.28. The minimum atomic E-state index is -0.610. The van der Waals surface area contributed by atoms with E-state index in [1.807, 2.05) is 6.07 Å². The zero-order chi connectivity index (χ0) is 11.7. The summed E-state index contributed by atoms with van der Waals surface area (Å²) in [6.07, 6.45) is 0. The lowest BCUT2D eigenvalue weighted by molar-refractivity contribution is 0.414. The van der Waals surface area contributed by atoms with Gasteiger partial charge in [-0.15, -0.1) is 0 Å². The highest BCUT2D eigenvalue weighted by atomic mass is 16.5. The van der Waals surface area contributed by atoms with Crippen LogP contribution in [0.25, 0.3) is 11.0 Å². The highest BCUT2D eigenvalue weighted by Crippen LogP contribution is 2.23. The monoisotopic (exact) mass is 215 g/mol. The van der Waals surface area contributed by atoms with Crippen LogP contribution in [0.2, 0.25) is 0 Å². The minimum absolute atomic E-state index is 0.0534. The van der Waals surface area contributed by atoms with Gasteiger partial charge in [0.15, 0.2) is 0 Å². The molecule has 0 amide bonds. The molecule has 0 aliphatic rings. The quantitative estimate of drug-likeness (QED) is 0.682.